The van der Waals surface area contributed by atoms with Crippen LogP contribution in [0, 0.1) is 0 Å². The second kappa shape index (κ2) is 8.65. The first kappa shape index (κ1) is 20.7. The SMILES string of the molecule is CC(C)c1c(C(=O)N2CCN(C(C)C)CC2)cnn1-c1nccc(-c2cccs2)n1. The maximum atomic E-state index is 13.3. The average Bonchev–Trinajstić information content (AvgIpc) is 3.43. The summed E-state index contributed by atoms with van der Waals surface area (Å²) in [5.41, 5.74) is 2.36. The number of hydrogen-bond acceptors (Lipinski definition) is 6. The Bertz CT molecular complexity index is 1000. The molecule has 158 valence electrons. The average molecular weight is 425 g/mol. The lowest BCUT2D eigenvalue weighted by molar-refractivity contribution is 0.0594. The Morgan fingerprint density at radius 1 is 1.10 bits per heavy atom. The minimum absolute atomic E-state index is 0.0442. The van der Waals surface area contributed by atoms with E-state index in [0.29, 0.717) is 17.6 Å². The van der Waals surface area contributed by atoms with E-state index < -0.39 is 0 Å². The van der Waals surface area contributed by atoms with Crippen LogP contribution in [0.15, 0.2) is 36.0 Å². The zero-order valence-electron chi connectivity index (χ0n) is 17.9. The molecule has 4 heterocycles. The number of carbonyl (C=O) groups is 1. The Labute approximate surface area is 181 Å². The fourth-order valence-corrected chi connectivity index (χ4v) is 4.56. The van der Waals surface area contributed by atoms with Gasteiger partial charge in [-0.15, -0.1) is 11.3 Å². The number of piperazine rings is 1. The Morgan fingerprint density at radius 3 is 2.50 bits per heavy atom. The smallest absolute Gasteiger partial charge is 0.257 e. The fraction of sp³-hybridized carbons (Fsp3) is 0.455. The first-order valence-electron chi connectivity index (χ1n) is 10.4. The lowest BCUT2D eigenvalue weighted by Crippen LogP contribution is -2.50. The number of rotatable bonds is 5. The van der Waals surface area contributed by atoms with Crippen molar-refractivity contribution < 1.29 is 4.79 Å². The molecule has 8 heteroatoms. The molecule has 3 aromatic rings. The first-order valence-corrected chi connectivity index (χ1v) is 11.3. The van der Waals surface area contributed by atoms with Gasteiger partial charge in [-0.05, 0) is 37.3 Å². The third-order valence-corrected chi connectivity index (χ3v) is 6.41. The van der Waals surface area contributed by atoms with Gasteiger partial charge in [0.15, 0.2) is 0 Å². The van der Waals surface area contributed by atoms with Gasteiger partial charge in [0.05, 0.1) is 28.0 Å². The quantitative estimate of drug-likeness (QED) is 0.625. The van der Waals surface area contributed by atoms with Crippen molar-refractivity contribution in [2.24, 2.45) is 0 Å². The van der Waals surface area contributed by atoms with Crippen LogP contribution in [0.4, 0.5) is 0 Å². The highest BCUT2D eigenvalue weighted by molar-refractivity contribution is 7.13. The normalized spacial score (nSPS) is 15.3. The predicted octanol–water partition coefficient (Wildman–Crippen LogP) is 3.68. The molecule has 1 saturated heterocycles. The summed E-state index contributed by atoms with van der Waals surface area (Å²) in [7, 11) is 0. The molecule has 0 radical (unpaired) electrons. The van der Waals surface area contributed by atoms with E-state index in [-0.39, 0.29) is 11.8 Å². The molecule has 1 fully saturated rings. The molecule has 1 amide bonds. The van der Waals surface area contributed by atoms with Crippen LogP contribution < -0.4 is 0 Å². The number of aromatic nitrogens is 4. The van der Waals surface area contributed by atoms with Gasteiger partial charge in [0.25, 0.3) is 11.9 Å². The molecule has 0 spiro atoms. The molecule has 0 aliphatic carbocycles. The number of amides is 1. The van der Waals surface area contributed by atoms with Gasteiger partial charge in [0.1, 0.15) is 0 Å². The van der Waals surface area contributed by atoms with Gasteiger partial charge < -0.3 is 4.90 Å². The summed E-state index contributed by atoms with van der Waals surface area (Å²) in [5.74, 6) is 0.647. The topological polar surface area (TPSA) is 67.2 Å². The molecule has 4 rings (SSSR count). The van der Waals surface area contributed by atoms with Crippen LogP contribution >= 0.6 is 11.3 Å². The predicted molar refractivity (Wildman–Crippen MR) is 119 cm³/mol. The molecule has 7 nitrogen and oxygen atoms in total. The Hall–Kier alpha value is -2.58. The van der Waals surface area contributed by atoms with Gasteiger partial charge in [0, 0.05) is 38.4 Å². The van der Waals surface area contributed by atoms with Gasteiger partial charge >= 0.3 is 0 Å². The number of thiophene rings is 1. The second-order valence-electron chi connectivity index (χ2n) is 8.15. The van der Waals surface area contributed by atoms with Crippen LogP contribution in [-0.4, -0.2) is 67.7 Å². The zero-order chi connectivity index (χ0) is 21.3. The summed E-state index contributed by atoms with van der Waals surface area (Å²) in [4.78, 5) is 27.9. The summed E-state index contributed by atoms with van der Waals surface area (Å²) in [6.45, 7) is 11.8. The lowest BCUT2D eigenvalue weighted by atomic mass is 10.0. The third-order valence-electron chi connectivity index (χ3n) is 5.52. The van der Waals surface area contributed by atoms with Gasteiger partial charge in [-0.25, -0.2) is 14.6 Å². The van der Waals surface area contributed by atoms with Crippen molar-refractivity contribution in [2.45, 2.75) is 39.7 Å². The summed E-state index contributed by atoms with van der Waals surface area (Å²) in [6.07, 6.45) is 3.42. The van der Waals surface area contributed by atoms with E-state index in [1.54, 1.807) is 28.4 Å². The van der Waals surface area contributed by atoms with E-state index in [1.807, 2.05) is 28.5 Å². The van der Waals surface area contributed by atoms with Crippen LogP contribution in [0.2, 0.25) is 0 Å². The monoisotopic (exact) mass is 424 g/mol. The Morgan fingerprint density at radius 2 is 1.87 bits per heavy atom. The van der Waals surface area contributed by atoms with Crippen molar-refractivity contribution in [1.29, 1.82) is 0 Å². The van der Waals surface area contributed by atoms with E-state index in [9.17, 15) is 4.79 Å². The molecule has 0 aromatic carbocycles. The molecule has 0 atom stereocenters. The maximum Gasteiger partial charge on any atom is 0.257 e. The van der Waals surface area contributed by atoms with Crippen LogP contribution in [-0.2, 0) is 0 Å². The minimum atomic E-state index is 0.0442. The third kappa shape index (κ3) is 4.02. The molecule has 0 unspecified atom stereocenters. The van der Waals surface area contributed by atoms with Crippen molar-refractivity contribution in [3.63, 3.8) is 0 Å². The number of nitrogens with zero attached hydrogens (tertiary/aromatic N) is 6. The number of carbonyl (C=O) groups excluding carboxylic acids is 1. The van der Waals surface area contributed by atoms with Gasteiger partial charge in [-0.3, -0.25) is 9.69 Å². The highest BCUT2D eigenvalue weighted by Gasteiger charge is 2.28. The molecule has 0 N–H and O–H groups in total. The lowest BCUT2D eigenvalue weighted by Gasteiger charge is -2.37. The van der Waals surface area contributed by atoms with Crippen LogP contribution in [0.25, 0.3) is 16.5 Å². The summed E-state index contributed by atoms with van der Waals surface area (Å²) < 4.78 is 1.72. The molecule has 1 aliphatic heterocycles. The van der Waals surface area contributed by atoms with E-state index in [0.717, 1.165) is 42.4 Å². The van der Waals surface area contributed by atoms with E-state index in [1.165, 1.54) is 0 Å². The molecule has 0 saturated carbocycles. The molecular formula is C22H28N6OS. The molecular weight excluding hydrogens is 396 g/mol. The van der Waals surface area contributed by atoms with Gasteiger partial charge in [-0.1, -0.05) is 19.9 Å². The van der Waals surface area contributed by atoms with E-state index >= 15 is 0 Å². The fourth-order valence-electron chi connectivity index (χ4n) is 3.86. The molecule has 1 aliphatic rings. The van der Waals surface area contributed by atoms with Gasteiger partial charge in [0.2, 0.25) is 0 Å². The van der Waals surface area contributed by atoms with Crippen molar-refractivity contribution in [1.82, 2.24) is 29.5 Å². The highest BCUT2D eigenvalue weighted by Crippen LogP contribution is 2.26. The minimum Gasteiger partial charge on any atom is -0.336 e. The maximum absolute atomic E-state index is 13.3. The molecule has 3 aromatic heterocycles. The summed E-state index contributed by atoms with van der Waals surface area (Å²) in [6, 6.07) is 6.44. The van der Waals surface area contributed by atoms with Crippen molar-refractivity contribution in [3.05, 3.63) is 47.2 Å². The van der Waals surface area contributed by atoms with Crippen LogP contribution in [0.5, 0.6) is 0 Å². The molecule has 30 heavy (non-hydrogen) atoms. The zero-order valence-corrected chi connectivity index (χ0v) is 18.8. The van der Waals surface area contributed by atoms with E-state index in [2.05, 4.69) is 42.7 Å². The van der Waals surface area contributed by atoms with Crippen LogP contribution in [0.3, 0.4) is 0 Å². The van der Waals surface area contributed by atoms with Gasteiger partial charge in [-0.2, -0.15) is 5.10 Å². The standard InChI is InChI=1S/C22H28N6OS/c1-15(2)20-17(21(29)27-11-9-26(10-12-27)16(3)4)14-24-28(20)22-23-8-7-18(25-22)19-6-5-13-30-19/h5-8,13-16H,9-12H2,1-4H3. The van der Waals surface area contributed by atoms with Crippen LogP contribution in [0.1, 0.15) is 49.7 Å². The van der Waals surface area contributed by atoms with Crippen molar-refractivity contribution in [2.75, 3.05) is 26.2 Å². The second-order valence-corrected chi connectivity index (χ2v) is 9.10. The Balaban J connectivity index is 1.63. The Kier molecular flexibility index (Phi) is 5.97. The number of hydrogen-bond donors (Lipinski definition) is 0. The van der Waals surface area contributed by atoms with Crippen molar-refractivity contribution in [3.8, 4) is 16.5 Å². The largest absolute Gasteiger partial charge is 0.336 e. The summed E-state index contributed by atoms with van der Waals surface area (Å²) >= 11 is 1.64. The van der Waals surface area contributed by atoms with Crippen molar-refractivity contribution >= 4 is 17.2 Å². The van der Waals surface area contributed by atoms with E-state index in [4.69, 9.17) is 4.98 Å². The highest BCUT2D eigenvalue weighted by atomic mass is 32.1. The first-order chi connectivity index (χ1) is 14.5. The summed E-state index contributed by atoms with van der Waals surface area (Å²) in [5, 5.41) is 6.55. The molecule has 0 bridgehead atoms.